The van der Waals surface area contributed by atoms with Crippen molar-refractivity contribution in [3.8, 4) is 0 Å². The number of nitrogens with zero attached hydrogens (tertiary/aromatic N) is 1. The molecule has 0 aromatic heterocycles. The van der Waals surface area contributed by atoms with Crippen molar-refractivity contribution in [3.63, 3.8) is 0 Å². The monoisotopic (exact) mass is 260 g/mol. The molecular formula is C16H24N2O. The average molecular weight is 260 g/mol. The molecule has 1 saturated heterocycles. The number of hydrogen-bond acceptors (Lipinski definition) is 2. The third-order valence-electron chi connectivity index (χ3n) is 4.13. The molecule has 1 aromatic carbocycles. The smallest absolute Gasteiger partial charge is 0.222 e. The fraction of sp³-hybridized carbons (Fsp3) is 0.562. The van der Waals surface area contributed by atoms with Crippen molar-refractivity contribution in [2.45, 2.75) is 39.5 Å². The van der Waals surface area contributed by atoms with Crippen LogP contribution in [-0.2, 0) is 11.2 Å². The van der Waals surface area contributed by atoms with Crippen LogP contribution in [0.2, 0.25) is 0 Å². The van der Waals surface area contributed by atoms with Gasteiger partial charge in [0, 0.05) is 25.2 Å². The van der Waals surface area contributed by atoms with Gasteiger partial charge in [0.2, 0.25) is 5.91 Å². The highest BCUT2D eigenvalue weighted by Gasteiger charge is 2.27. The molecule has 3 nitrogen and oxygen atoms in total. The number of anilines is 1. The molecule has 0 unspecified atom stereocenters. The molecule has 1 aliphatic heterocycles. The second kappa shape index (κ2) is 5.64. The lowest BCUT2D eigenvalue weighted by molar-refractivity contribution is -0.133. The van der Waals surface area contributed by atoms with Gasteiger partial charge in [-0.25, -0.2) is 0 Å². The van der Waals surface area contributed by atoms with Gasteiger partial charge in [-0.1, -0.05) is 32.0 Å². The Balaban J connectivity index is 1.84. The van der Waals surface area contributed by atoms with Crippen LogP contribution in [0.4, 0.5) is 5.69 Å². The summed E-state index contributed by atoms with van der Waals surface area (Å²) in [5, 5.41) is 0. The number of nitrogens with two attached hydrogens (primary N) is 1. The molecule has 3 heteroatoms. The molecule has 0 atom stereocenters. The lowest BCUT2D eigenvalue weighted by atomic mass is 9.82. The first-order valence-electron chi connectivity index (χ1n) is 7.09. The van der Waals surface area contributed by atoms with E-state index in [1.54, 1.807) is 0 Å². The van der Waals surface area contributed by atoms with Crippen molar-refractivity contribution in [1.82, 2.24) is 4.90 Å². The Kier molecular flexibility index (Phi) is 4.13. The Morgan fingerprint density at radius 1 is 1.26 bits per heavy atom. The summed E-state index contributed by atoms with van der Waals surface area (Å²) in [4.78, 5) is 14.2. The molecule has 0 aliphatic carbocycles. The Bertz CT molecular complexity index is 444. The normalized spacial score (nSPS) is 18.3. The van der Waals surface area contributed by atoms with E-state index in [4.69, 9.17) is 5.73 Å². The van der Waals surface area contributed by atoms with Crippen LogP contribution in [0.3, 0.4) is 0 Å². The quantitative estimate of drug-likeness (QED) is 0.849. The highest BCUT2D eigenvalue weighted by Crippen LogP contribution is 2.30. The van der Waals surface area contributed by atoms with Crippen molar-refractivity contribution in [1.29, 1.82) is 0 Å². The minimum Gasteiger partial charge on any atom is -0.399 e. The third-order valence-corrected chi connectivity index (χ3v) is 4.13. The van der Waals surface area contributed by atoms with Gasteiger partial charge >= 0.3 is 0 Å². The van der Waals surface area contributed by atoms with E-state index in [-0.39, 0.29) is 5.91 Å². The number of aryl methyl sites for hydroxylation is 1. The van der Waals surface area contributed by atoms with E-state index < -0.39 is 0 Å². The van der Waals surface area contributed by atoms with Crippen molar-refractivity contribution in [3.05, 3.63) is 29.8 Å². The van der Waals surface area contributed by atoms with Crippen molar-refractivity contribution in [2.75, 3.05) is 18.8 Å². The van der Waals surface area contributed by atoms with Gasteiger partial charge in [0.25, 0.3) is 0 Å². The van der Waals surface area contributed by atoms with Crippen molar-refractivity contribution >= 4 is 11.6 Å². The zero-order valence-corrected chi connectivity index (χ0v) is 12.0. The first kappa shape index (κ1) is 13.9. The summed E-state index contributed by atoms with van der Waals surface area (Å²) in [5.74, 6) is 0.263. The number of nitrogen functional groups attached to an aromatic ring is 1. The van der Waals surface area contributed by atoms with Crippen LogP contribution in [0, 0.1) is 5.41 Å². The molecule has 1 aliphatic rings. The van der Waals surface area contributed by atoms with Crippen LogP contribution in [0.5, 0.6) is 0 Å². The molecule has 104 valence electrons. The summed E-state index contributed by atoms with van der Waals surface area (Å²) in [6, 6.07) is 7.79. The minimum atomic E-state index is 0.263. The summed E-state index contributed by atoms with van der Waals surface area (Å²) in [6.07, 6.45) is 3.51. The number of benzene rings is 1. The number of rotatable bonds is 3. The predicted octanol–water partition coefficient (Wildman–Crippen LogP) is 2.85. The summed E-state index contributed by atoms with van der Waals surface area (Å²) in [7, 11) is 0. The summed E-state index contributed by atoms with van der Waals surface area (Å²) in [6.45, 7) is 6.35. The van der Waals surface area contributed by atoms with Gasteiger partial charge in [-0.05, 0) is 36.3 Å². The number of likely N-dealkylation sites (tertiary alicyclic amines) is 1. The van der Waals surface area contributed by atoms with Crippen LogP contribution in [0.25, 0.3) is 0 Å². The van der Waals surface area contributed by atoms with Crippen LogP contribution in [0.15, 0.2) is 24.3 Å². The van der Waals surface area contributed by atoms with E-state index in [9.17, 15) is 4.79 Å². The second-order valence-electron chi connectivity index (χ2n) is 6.24. The summed E-state index contributed by atoms with van der Waals surface area (Å²) < 4.78 is 0. The highest BCUT2D eigenvalue weighted by atomic mass is 16.2. The van der Waals surface area contributed by atoms with Gasteiger partial charge in [0.05, 0.1) is 0 Å². The van der Waals surface area contributed by atoms with Crippen LogP contribution in [-0.4, -0.2) is 23.9 Å². The third kappa shape index (κ3) is 3.72. The lowest BCUT2D eigenvalue weighted by Crippen LogP contribution is -2.41. The van der Waals surface area contributed by atoms with E-state index in [0.29, 0.717) is 11.8 Å². The van der Waals surface area contributed by atoms with E-state index in [0.717, 1.165) is 43.6 Å². The van der Waals surface area contributed by atoms with Crippen molar-refractivity contribution < 1.29 is 4.79 Å². The molecule has 1 heterocycles. The fourth-order valence-electron chi connectivity index (χ4n) is 2.52. The second-order valence-corrected chi connectivity index (χ2v) is 6.24. The number of piperidine rings is 1. The summed E-state index contributed by atoms with van der Waals surface area (Å²) >= 11 is 0. The molecule has 0 spiro atoms. The minimum absolute atomic E-state index is 0.263. The summed E-state index contributed by atoms with van der Waals surface area (Å²) in [5.41, 5.74) is 8.15. The lowest BCUT2D eigenvalue weighted by Gasteiger charge is -2.37. The fourth-order valence-corrected chi connectivity index (χ4v) is 2.52. The van der Waals surface area contributed by atoms with Gasteiger partial charge in [-0.3, -0.25) is 4.79 Å². The van der Waals surface area contributed by atoms with Gasteiger partial charge in [-0.2, -0.15) is 0 Å². The largest absolute Gasteiger partial charge is 0.399 e. The molecule has 1 amide bonds. The zero-order chi connectivity index (χ0) is 13.9. The number of carbonyl (C=O) groups excluding carboxylic acids is 1. The predicted molar refractivity (Wildman–Crippen MR) is 78.8 cm³/mol. The molecule has 0 bridgehead atoms. The van der Waals surface area contributed by atoms with E-state index in [2.05, 4.69) is 13.8 Å². The molecular weight excluding hydrogens is 236 g/mol. The molecule has 1 aromatic rings. The van der Waals surface area contributed by atoms with E-state index >= 15 is 0 Å². The highest BCUT2D eigenvalue weighted by molar-refractivity contribution is 5.76. The standard InChI is InChI=1S/C16H24N2O/c1-16(2)9-11-18(12-10-16)15(19)8-7-13-5-3-4-6-14(13)17/h3-6H,7-12,17H2,1-2H3. The SMILES string of the molecule is CC1(C)CCN(C(=O)CCc2ccccc2N)CC1. The first-order chi connectivity index (χ1) is 8.98. The van der Waals surface area contributed by atoms with E-state index in [1.807, 2.05) is 29.2 Å². The molecule has 1 fully saturated rings. The van der Waals surface area contributed by atoms with Gasteiger partial charge in [0.1, 0.15) is 0 Å². The maximum absolute atomic E-state index is 12.2. The Morgan fingerprint density at radius 2 is 1.89 bits per heavy atom. The molecule has 0 saturated carbocycles. The molecule has 19 heavy (non-hydrogen) atoms. The molecule has 2 rings (SSSR count). The van der Waals surface area contributed by atoms with Gasteiger partial charge in [-0.15, -0.1) is 0 Å². The first-order valence-corrected chi connectivity index (χ1v) is 7.09. The van der Waals surface area contributed by atoms with Gasteiger partial charge < -0.3 is 10.6 Å². The van der Waals surface area contributed by atoms with Crippen LogP contribution in [0.1, 0.15) is 38.7 Å². The molecule has 2 N–H and O–H groups in total. The number of hydrogen-bond donors (Lipinski definition) is 1. The van der Waals surface area contributed by atoms with Crippen LogP contribution < -0.4 is 5.73 Å². The number of carbonyl (C=O) groups is 1. The Morgan fingerprint density at radius 3 is 2.53 bits per heavy atom. The topological polar surface area (TPSA) is 46.3 Å². The maximum Gasteiger partial charge on any atom is 0.222 e. The zero-order valence-electron chi connectivity index (χ0n) is 12.0. The average Bonchev–Trinajstić information content (AvgIpc) is 2.37. The van der Waals surface area contributed by atoms with Gasteiger partial charge in [0.15, 0.2) is 0 Å². The number of amides is 1. The number of para-hydroxylation sites is 1. The molecule has 0 radical (unpaired) electrons. The Labute approximate surface area is 115 Å². The van der Waals surface area contributed by atoms with Crippen LogP contribution >= 0.6 is 0 Å². The maximum atomic E-state index is 12.2. The van der Waals surface area contributed by atoms with Crippen molar-refractivity contribution in [2.24, 2.45) is 5.41 Å². The van der Waals surface area contributed by atoms with E-state index in [1.165, 1.54) is 0 Å². The Hall–Kier alpha value is -1.51.